The molecule has 9 heteroatoms. The second-order valence-electron chi connectivity index (χ2n) is 5.77. The van der Waals surface area contributed by atoms with E-state index in [1.807, 2.05) is 0 Å². The summed E-state index contributed by atoms with van der Waals surface area (Å²) in [6, 6.07) is 0. The number of unbranched alkanes of at least 4 members (excludes halogenated alkanes) is 2. The van der Waals surface area contributed by atoms with Gasteiger partial charge >= 0.3 is 0 Å². The minimum absolute atomic E-state index is 0.394. The van der Waals surface area contributed by atoms with Gasteiger partial charge in [-0.2, -0.15) is 4.98 Å². The summed E-state index contributed by atoms with van der Waals surface area (Å²) in [5, 5.41) is 9.65. The Morgan fingerprint density at radius 2 is 1.37 bits per heavy atom. The van der Waals surface area contributed by atoms with Gasteiger partial charge in [0.1, 0.15) is 0 Å². The molecule has 0 aliphatic heterocycles. The molecule has 0 fully saturated rings. The van der Waals surface area contributed by atoms with E-state index >= 15 is 0 Å². The lowest BCUT2D eigenvalue weighted by molar-refractivity contribution is 0.645. The lowest BCUT2D eigenvalue weighted by Gasteiger charge is -2.06. The molecule has 7 nitrogen and oxygen atoms in total. The summed E-state index contributed by atoms with van der Waals surface area (Å²) in [5.74, 6) is 0.617. The van der Waals surface area contributed by atoms with Crippen LogP contribution in [0, 0.1) is 9.54 Å². The molecular weight excluding hydrogens is 414 g/mol. The van der Waals surface area contributed by atoms with Gasteiger partial charge in [-0.1, -0.05) is 53.0 Å². The highest BCUT2D eigenvalue weighted by Crippen LogP contribution is 1.94. The topological polar surface area (TPSA) is 107 Å². The van der Waals surface area contributed by atoms with Crippen molar-refractivity contribution in [3.05, 3.63) is 47.3 Å². The molecule has 1 aromatic heterocycles. The summed E-state index contributed by atoms with van der Waals surface area (Å²) in [6.45, 7) is 22.4. The van der Waals surface area contributed by atoms with Gasteiger partial charge in [-0.25, -0.2) is 0 Å². The first-order valence-electron chi connectivity index (χ1n) is 10.1. The fraction of sp³-hybridized carbons (Fsp3) is 0.571. The van der Waals surface area contributed by atoms with Crippen molar-refractivity contribution < 1.29 is 0 Å². The van der Waals surface area contributed by atoms with Crippen molar-refractivity contribution in [2.75, 3.05) is 44.6 Å². The Balaban J connectivity index is -0.000000434. The minimum Gasteiger partial charge on any atom is -0.354 e. The van der Waals surface area contributed by atoms with Crippen LogP contribution in [0.1, 0.15) is 39.5 Å². The SMILES string of the molecule is C=C=C.C=C=C.CCCCNCCN.CCCCNCCNc1nc(=S)[nH]c(=S)[nH]1. The highest BCUT2D eigenvalue weighted by atomic mass is 32.1. The Labute approximate surface area is 193 Å². The van der Waals surface area contributed by atoms with E-state index in [1.165, 1.54) is 25.7 Å². The van der Waals surface area contributed by atoms with E-state index in [-0.39, 0.29) is 0 Å². The molecule has 0 atom stereocenters. The molecule has 7 N–H and O–H groups in total. The zero-order chi connectivity index (χ0) is 23.5. The number of rotatable bonds is 12. The maximum Gasteiger partial charge on any atom is 0.205 e. The maximum atomic E-state index is 5.25. The Kier molecular flexibility index (Phi) is 32.1. The van der Waals surface area contributed by atoms with E-state index < -0.39 is 0 Å². The number of nitrogens with zero attached hydrogens (tertiary/aromatic N) is 1. The first kappa shape index (κ1) is 32.8. The molecular formula is C21H41N7S2. The first-order chi connectivity index (χ1) is 14.5. The number of hydrogen-bond acceptors (Lipinski definition) is 7. The summed E-state index contributed by atoms with van der Waals surface area (Å²) in [5.41, 5.74) is 9.75. The second-order valence-corrected chi connectivity index (χ2v) is 6.56. The average molecular weight is 456 g/mol. The molecule has 0 unspecified atom stereocenters. The Hall–Kier alpha value is -1.83. The van der Waals surface area contributed by atoms with Crippen LogP contribution in [0.3, 0.4) is 0 Å². The van der Waals surface area contributed by atoms with Crippen LogP contribution in [-0.4, -0.2) is 54.2 Å². The van der Waals surface area contributed by atoms with Gasteiger partial charge in [-0.15, -0.1) is 11.5 Å². The van der Waals surface area contributed by atoms with E-state index in [2.05, 4.69) is 82.5 Å². The quantitative estimate of drug-likeness (QED) is 0.159. The largest absolute Gasteiger partial charge is 0.354 e. The summed E-state index contributed by atoms with van der Waals surface area (Å²) >= 11 is 9.86. The van der Waals surface area contributed by atoms with Crippen LogP contribution in [0.4, 0.5) is 5.95 Å². The molecule has 0 saturated carbocycles. The standard InChI is InChI=1S/C9H17N5S2.C6H16N2.2C3H4/c1-2-3-4-10-5-6-11-7-12-8(15)14-9(16)13-7;1-2-3-5-8-6-4-7;2*1-3-2/h10H,2-6H2,1H3,(H3,11,12,13,14,15,16);8H,2-7H2,1H3;2*1-2H2. The summed E-state index contributed by atoms with van der Waals surface area (Å²) in [4.78, 5) is 9.70. The number of hydrogen-bond donors (Lipinski definition) is 6. The maximum absolute atomic E-state index is 5.25. The highest BCUT2D eigenvalue weighted by Gasteiger charge is 1.93. The number of nitrogens with two attached hydrogens (primary N) is 1. The van der Waals surface area contributed by atoms with Crippen molar-refractivity contribution in [3.63, 3.8) is 0 Å². The Morgan fingerprint density at radius 1 is 0.867 bits per heavy atom. The molecule has 1 rings (SSSR count). The Morgan fingerprint density at radius 3 is 1.80 bits per heavy atom. The van der Waals surface area contributed by atoms with Gasteiger partial charge < -0.3 is 31.7 Å². The van der Waals surface area contributed by atoms with Crippen LogP contribution < -0.4 is 21.7 Å². The van der Waals surface area contributed by atoms with Crippen molar-refractivity contribution in [3.8, 4) is 0 Å². The van der Waals surface area contributed by atoms with Crippen LogP contribution in [0.2, 0.25) is 0 Å². The van der Waals surface area contributed by atoms with E-state index in [1.54, 1.807) is 0 Å². The fourth-order valence-corrected chi connectivity index (χ4v) is 2.15. The van der Waals surface area contributed by atoms with Crippen LogP contribution >= 0.6 is 24.4 Å². The number of nitrogens with one attached hydrogen (secondary N) is 5. The van der Waals surface area contributed by atoms with Crippen LogP contribution in [0.25, 0.3) is 0 Å². The predicted molar refractivity (Wildman–Crippen MR) is 137 cm³/mol. The van der Waals surface area contributed by atoms with Gasteiger partial charge in [-0.05, 0) is 50.4 Å². The van der Waals surface area contributed by atoms with Crippen LogP contribution in [0.5, 0.6) is 0 Å². The van der Waals surface area contributed by atoms with Gasteiger partial charge in [0.15, 0.2) is 4.77 Å². The molecule has 0 amide bonds. The predicted octanol–water partition coefficient (Wildman–Crippen LogP) is 4.25. The van der Waals surface area contributed by atoms with Crippen molar-refractivity contribution >= 4 is 30.4 Å². The molecule has 0 aliphatic carbocycles. The first-order valence-corrected chi connectivity index (χ1v) is 10.9. The van der Waals surface area contributed by atoms with Crippen LogP contribution in [0.15, 0.2) is 37.8 Å². The monoisotopic (exact) mass is 455 g/mol. The third-order valence-electron chi connectivity index (χ3n) is 3.00. The summed E-state index contributed by atoms with van der Waals surface area (Å²) in [7, 11) is 0. The molecule has 30 heavy (non-hydrogen) atoms. The third-order valence-corrected chi connectivity index (χ3v) is 3.39. The zero-order valence-electron chi connectivity index (χ0n) is 18.7. The third kappa shape index (κ3) is 30.9. The van der Waals surface area contributed by atoms with E-state index in [9.17, 15) is 0 Å². The van der Waals surface area contributed by atoms with E-state index in [4.69, 9.17) is 30.2 Å². The van der Waals surface area contributed by atoms with Gasteiger partial charge in [-0.3, -0.25) is 0 Å². The molecule has 0 bridgehead atoms. The zero-order valence-corrected chi connectivity index (χ0v) is 20.4. The van der Waals surface area contributed by atoms with Gasteiger partial charge in [0.25, 0.3) is 0 Å². The van der Waals surface area contributed by atoms with Crippen LogP contribution in [-0.2, 0) is 0 Å². The summed E-state index contributed by atoms with van der Waals surface area (Å²) in [6.07, 6.45) is 4.94. The average Bonchev–Trinajstić information content (AvgIpc) is 2.69. The molecule has 0 spiro atoms. The molecule has 0 radical (unpaired) electrons. The number of aromatic amines is 2. The number of H-pyrrole nitrogens is 2. The van der Waals surface area contributed by atoms with Crippen molar-refractivity contribution in [1.82, 2.24) is 25.6 Å². The second kappa shape index (κ2) is 29.4. The lowest BCUT2D eigenvalue weighted by Crippen LogP contribution is -2.23. The molecule has 0 aromatic carbocycles. The number of anilines is 1. The van der Waals surface area contributed by atoms with Gasteiger partial charge in [0.2, 0.25) is 10.7 Å². The molecule has 1 heterocycles. The lowest BCUT2D eigenvalue weighted by atomic mass is 10.3. The van der Waals surface area contributed by atoms with Crippen molar-refractivity contribution in [1.29, 1.82) is 0 Å². The molecule has 0 saturated heterocycles. The highest BCUT2D eigenvalue weighted by molar-refractivity contribution is 7.71. The minimum atomic E-state index is 0.394. The van der Waals surface area contributed by atoms with Crippen molar-refractivity contribution in [2.45, 2.75) is 39.5 Å². The molecule has 1 aromatic rings. The summed E-state index contributed by atoms with van der Waals surface area (Å²) < 4.78 is 0.881. The van der Waals surface area contributed by atoms with Gasteiger partial charge in [0, 0.05) is 26.2 Å². The normalized spacial score (nSPS) is 8.63. The fourth-order valence-electron chi connectivity index (χ4n) is 1.70. The van der Waals surface area contributed by atoms with Gasteiger partial charge in [0.05, 0.1) is 0 Å². The van der Waals surface area contributed by atoms with Crippen molar-refractivity contribution in [2.24, 2.45) is 5.73 Å². The molecule has 172 valence electrons. The Bertz CT molecular complexity index is 610. The smallest absolute Gasteiger partial charge is 0.205 e. The van der Waals surface area contributed by atoms with E-state index in [0.29, 0.717) is 15.5 Å². The molecule has 0 aliphatic rings. The van der Waals surface area contributed by atoms with E-state index in [0.717, 1.165) is 39.3 Å². The number of aromatic nitrogens is 3.